The zero-order chi connectivity index (χ0) is 28.2. The van der Waals surface area contributed by atoms with Gasteiger partial charge in [0, 0.05) is 30.4 Å². The Balaban J connectivity index is 1.13. The third kappa shape index (κ3) is 6.11. The molecule has 0 radical (unpaired) electrons. The normalized spacial score (nSPS) is 16.4. The van der Waals surface area contributed by atoms with Gasteiger partial charge in [0.25, 0.3) is 0 Å². The molecule has 1 unspecified atom stereocenters. The standard InChI is InChI=1S/C32H41N9/c1-3-40(4-2)19-18-34-26-15-12-22-13-17-27(20-24(22)14-16-26)35-32-36-31(33)41(39-32)29-21-25-10-7-9-23-8-5-6-11-28(23)30(25)38-37-29/h5-6,8,11,13,17,20-21,26,34H,3-4,7,9-10,12,14-16,18-19H2,1-2H3,(H3,33,35,36,39). The first-order valence-electron chi connectivity index (χ1n) is 15.1. The number of nitrogens with two attached hydrogens (primary N) is 1. The molecule has 9 nitrogen and oxygen atoms in total. The molecule has 214 valence electrons. The minimum Gasteiger partial charge on any atom is -0.368 e. The molecule has 2 aromatic carbocycles. The van der Waals surface area contributed by atoms with Gasteiger partial charge in [0.1, 0.15) is 0 Å². The predicted octanol–water partition coefficient (Wildman–Crippen LogP) is 4.72. The zero-order valence-corrected chi connectivity index (χ0v) is 24.2. The second-order valence-electron chi connectivity index (χ2n) is 11.2. The summed E-state index contributed by atoms with van der Waals surface area (Å²) in [5.74, 6) is 1.32. The molecule has 0 fully saturated rings. The molecule has 0 aliphatic heterocycles. The van der Waals surface area contributed by atoms with Crippen LogP contribution in [-0.4, -0.2) is 62.1 Å². The molecule has 6 rings (SSSR count). The molecule has 2 heterocycles. The number of nitrogens with one attached hydrogen (secondary N) is 2. The van der Waals surface area contributed by atoms with Crippen LogP contribution >= 0.6 is 0 Å². The smallest absolute Gasteiger partial charge is 0.248 e. The second kappa shape index (κ2) is 12.4. The lowest BCUT2D eigenvalue weighted by molar-refractivity contribution is 0.293. The maximum Gasteiger partial charge on any atom is 0.248 e. The van der Waals surface area contributed by atoms with E-state index in [1.54, 1.807) is 4.68 Å². The van der Waals surface area contributed by atoms with Gasteiger partial charge in [-0.3, -0.25) is 0 Å². The van der Waals surface area contributed by atoms with Crippen LogP contribution in [0.15, 0.2) is 48.5 Å². The van der Waals surface area contributed by atoms with Crippen molar-refractivity contribution in [2.75, 3.05) is 37.2 Å². The van der Waals surface area contributed by atoms with Gasteiger partial charge in [-0.15, -0.1) is 15.3 Å². The van der Waals surface area contributed by atoms with Crippen molar-refractivity contribution >= 4 is 17.6 Å². The maximum atomic E-state index is 6.31. The number of hydrogen-bond acceptors (Lipinski definition) is 8. The Hall–Kier alpha value is -3.82. The number of aromatic nitrogens is 5. The van der Waals surface area contributed by atoms with Crippen LogP contribution in [0.2, 0.25) is 0 Å². The summed E-state index contributed by atoms with van der Waals surface area (Å²) in [7, 11) is 0. The fourth-order valence-electron chi connectivity index (χ4n) is 6.21. The van der Waals surface area contributed by atoms with Gasteiger partial charge in [-0.25, -0.2) is 0 Å². The number of anilines is 3. The fourth-order valence-corrected chi connectivity index (χ4v) is 6.21. The minimum absolute atomic E-state index is 0.282. The van der Waals surface area contributed by atoms with Crippen LogP contribution in [0.3, 0.4) is 0 Å². The fraction of sp³-hybridized carbons (Fsp3) is 0.438. The zero-order valence-electron chi connectivity index (χ0n) is 24.2. The number of nitrogen functional groups attached to an aromatic ring is 1. The Kier molecular flexibility index (Phi) is 8.25. The van der Waals surface area contributed by atoms with Crippen LogP contribution in [0.25, 0.3) is 17.1 Å². The van der Waals surface area contributed by atoms with E-state index in [0.29, 0.717) is 17.8 Å². The van der Waals surface area contributed by atoms with Gasteiger partial charge in [0.15, 0.2) is 5.82 Å². The monoisotopic (exact) mass is 551 g/mol. The van der Waals surface area contributed by atoms with E-state index in [4.69, 9.17) is 5.73 Å². The maximum absolute atomic E-state index is 6.31. The molecule has 41 heavy (non-hydrogen) atoms. The van der Waals surface area contributed by atoms with Gasteiger partial charge in [-0.05, 0) is 98.5 Å². The van der Waals surface area contributed by atoms with Gasteiger partial charge in [-0.1, -0.05) is 44.2 Å². The predicted molar refractivity (Wildman–Crippen MR) is 165 cm³/mol. The number of likely N-dealkylation sites (N-methyl/N-ethyl adjacent to an activating group) is 1. The van der Waals surface area contributed by atoms with Gasteiger partial charge < -0.3 is 21.3 Å². The van der Waals surface area contributed by atoms with Gasteiger partial charge >= 0.3 is 0 Å². The minimum atomic E-state index is 0.282. The summed E-state index contributed by atoms with van der Waals surface area (Å²) in [6.45, 7) is 8.84. The average molecular weight is 552 g/mol. The summed E-state index contributed by atoms with van der Waals surface area (Å²) < 4.78 is 1.57. The van der Waals surface area contributed by atoms with Crippen molar-refractivity contribution < 1.29 is 0 Å². The van der Waals surface area contributed by atoms with Crippen molar-refractivity contribution in [2.45, 2.75) is 64.8 Å². The largest absolute Gasteiger partial charge is 0.368 e. The summed E-state index contributed by atoms with van der Waals surface area (Å²) >= 11 is 0. The van der Waals surface area contributed by atoms with Crippen molar-refractivity contribution in [3.05, 3.63) is 70.8 Å². The number of rotatable bonds is 9. The highest BCUT2D eigenvalue weighted by Gasteiger charge is 2.20. The molecule has 2 aromatic heterocycles. The molecule has 2 aliphatic carbocycles. The Morgan fingerprint density at radius 2 is 1.71 bits per heavy atom. The van der Waals surface area contributed by atoms with E-state index in [1.165, 1.54) is 23.1 Å². The van der Waals surface area contributed by atoms with E-state index in [0.717, 1.165) is 87.2 Å². The van der Waals surface area contributed by atoms with E-state index in [2.05, 4.69) is 92.1 Å². The second-order valence-corrected chi connectivity index (χ2v) is 11.2. The molecule has 4 aromatic rings. The van der Waals surface area contributed by atoms with Crippen molar-refractivity contribution in [2.24, 2.45) is 0 Å². The van der Waals surface area contributed by atoms with Gasteiger partial charge in [0.05, 0.1) is 5.69 Å². The van der Waals surface area contributed by atoms with Crippen LogP contribution in [-0.2, 0) is 25.7 Å². The number of aryl methyl sites for hydroxylation is 4. The van der Waals surface area contributed by atoms with Crippen LogP contribution < -0.4 is 16.4 Å². The molecule has 0 spiro atoms. The lowest BCUT2D eigenvalue weighted by atomic mass is 10.0. The highest BCUT2D eigenvalue weighted by Crippen LogP contribution is 2.31. The quantitative estimate of drug-likeness (QED) is 0.257. The van der Waals surface area contributed by atoms with Crippen LogP contribution in [0.1, 0.15) is 55.4 Å². The van der Waals surface area contributed by atoms with Crippen LogP contribution in [0.5, 0.6) is 0 Å². The number of benzene rings is 2. The lowest BCUT2D eigenvalue weighted by Gasteiger charge is -2.21. The Morgan fingerprint density at radius 1 is 0.902 bits per heavy atom. The molecule has 0 saturated heterocycles. The molecule has 9 heteroatoms. The highest BCUT2D eigenvalue weighted by atomic mass is 15.4. The molecule has 2 aliphatic rings. The Morgan fingerprint density at radius 3 is 2.56 bits per heavy atom. The third-order valence-electron chi connectivity index (χ3n) is 8.62. The summed E-state index contributed by atoms with van der Waals surface area (Å²) in [6, 6.07) is 17.7. The number of nitrogens with zero attached hydrogens (tertiary/aromatic N) is 6. The summed E-state index contributed by atoms with van der Waals surface area (Å²) in [5, 5.41) is 20.9. The average Bonchev–Trinajstić information content (AvgIpc) is 3.14. The van der Waals surface area contributed by atoms with E-state index in [-0.39, 0.29) is 5.95 Å². The van der Waals surface area contributed by atoms with Crippen LogP contribution in [0.4, 0.5) is 17.6 Å². The van der Waals surface area contributed by atoms with Gasteiger partial charge in [-0.2, -0.15) is 9.67 Å². The topological polar surface area (TPSA) is 110 Å². The molecular weight excluding hydrogens is 510 g/mol. The molecular formula is C32H41N9. The summed E-state index contributed by atoms with van der Waals surface area (Å²) in [5.41, 5.74) is 14.7. The number of fused-ring (bicyclic) bond motifs is 4. The molecule has 1 atom stereocenters. The molecule has 0 amide bonds. The summed E-state index contributed by atoms with van der Waals surface area (Å²) in [6.07, 6.45) is 7.53. The van der Waals surface area contributed by atoms with Crippen LogP contribution in [0, 0.1) is 0 Å². The Bertz CT molecular complexity index is 1490. The summed E-state index contributed by atoms with van der Waals surface area (Å²) in [4.78, 5) is 6.96. The van der Waals surface area contributed by atoms with E-state index < -0.39 is 0 Å². The lowest BCUT2D eigenvalue weighted by Crippen LogP contribution is -2.37. The van der Waals surface area contributed by atoms with E-state index in [1.807, 2.05) is 6.07 Å². The first kappa shape index (κ1) is 27.4. The first-order valence-corrected chi connectivity index (χ1v) is 15.1. The third-order valence-corrected chi connectivity index (χ3v) is 8.62. The van der Waals surface area contributed by atoms with E-state index in [9.17, 15) is 0 Å². The SMILES string of the molecule is CCN(CC)CCNC1CCc2ccc(Nc3nc(N)n(-c4cc5c(nn4)-c4ccccc4CCC5)n3)cc2CC1. The molecule has 4 N–H and O–H groups in total. The van der Waals surface area contributed by atoms with E-state index >= 15 is 0 Å². The Labute approximate surface area is 242 Å². The number of hydrogen-bond donors (Lipinski definition) is 3. The van der Waals surface area contributed by atoms with Gasteiger partial charge in [0.2, 0.25) is 11.9 Å². The van der Waals surface area contributed by atoms with Crippen molar-refractivity contribution in [1.29, 1.82) is 0 Å². The highest BCUT2D eigenvalue weighted by molar-refractivity contribution is 5.68. The first-order chi connectivity index (χ1) is 20.1. The molecule has 0 saturated carbocycles. The van der Waals surface area contributed by atoms with Crippen molar-refractivity contribution in [3.63, 3.8) is 0 Å². The van der Waals surface area contributed by atoms with Crippen molar-refractivity contribution in [3.8, 4) is 17.1 Å². The molecule has 0 bridgehead atoms. The van der Waals surface area contributed by atoms with Crippen molar-refractivity contribution in [1.82, 2.24) is 35.2 Å².